The van der Waals surface area contributed by atoms with Crippen molar-refractivity contribution in [3.63, 3.8) is 0 Å². The summed E-state index contributed by atoms with van der Waals surface area (Å²) in [6.45, 7) is -0.585. The van der Waals surface area contributed by atoms with Gasteiger partial charge in [0.2, 0.25) is 0 Å². The fourth-order valence-corrected chi connectivity index (χ4v) is 1.11. The maximum Gasteiger partial charge on any atom is 0.472 e. The van der Waals surface area contributed by atoms with Gasteiger partial charge in [0.15, 0.2) is 18.1 Å². The van der Waals surface area contributed by atoms with Gasteiger partial charge < -0.3 is 9.47 Å². The van der Waals surface area contributed by atoms with E-state index in [0.29, 0.717) is 5.75 Å². The van der Waals surface area contributed by atoms with Crippen LogP contribution in [-0.2, 0) is 9.59 Å². The number of ether oxygens (including phenoxy) is 2. The van der Waals surface area contributed by atoms with Crippen LogP contribution >= 0.6 is 0 Å². The summed E-state index contributed by atoms with van der Waals surface area (Å²) in [5.41, 5.74) is 2.78. The highest BCUT2D eigenvalue weighted by Gasteiger charge is 2.38. The van der Waals surface area contributed by atoms with Gasteiger partial charge in [-0.2, -0.15) is 13.2 Å². The number of hydrazine groups is 1. The van der Waals surface area contributed by atoms with E-state index in [1.165, 1.54) is 18.6 Å². The molecule has 0 atom stereocenters. The standard InChI is InChI=1S/C11H11F3N2O4/c1-19-7-4-2-3-5-8(7)20-6-9(17)15-16-10(18)11(12,13)14/h2-5H,6H2,1H3,(H,15,17)(H,16,18). The Hall–Kier alpha value is -2.45. The molecule has 0 fully saturated rings. The summed E-state index contributed by atoms with van der Waals surface area (Å²) in [5.74, 6) is -2.62. The van der Waals surface area contributed by atoms with Crippen LogP contribution in [0.2, 0.25) is 0 Å². The van der Waals surface area contributed by atoms with Crippen LogP contribution < -0.4 is 20.3 Å². The Morgan fingerprint density at radius 1 is 1.15 bits per heavy atom. The first-order valence-corrected chi connectivity index (χ1v) is 5.26. The number of hydrogen-bond acceptors (Lipinski definition) is 4. The molecule has 0 unspecified atom stereocenters. The summed E-state index contributed by atoms with van der Waals surface area (Å²) < 4.78 is 45.5. The summed E-state index contributed by atoms with van der Waals surface area (Å²) in [7, 11) is 1.39. The summed E-state index contributed by atoms with van der Waals surface area (Å²) in [4.78, 5) is 21.6. The Morgan fingerprint density at radius 2 is 1.75 bits per heavy atom. The molecule has 20 heavy (non-hydrogen) atoms. The third-order valence-electron chi connectivity index (χ3n) is 2.00. The molecule has 0 saturated heterocycles. The Labute approximate surface area is 111 Å². The first kappa shape index (κ1) is 15.6. The molecule has 0 radical (unpaired) electrons. The summed E-state index contributed by atoms with van der Waals surface area (Å²) in [6.07, 6.45) is -5.07. The zero-order valence-electron chi connectivity index (χ0n) is 10.3. The molecule has 9 heteroatoms. The molecule has 0 heterocycles. The molecule has 1 aromatic carbocycles. The van der Waals surface area contributed by atoms with Crippen LogP contribution in [0.3, 0.4) is 0 Å². The number of carbonyl (C=O) groups excluding carboxylic acids is 2. The number of benzene rings is 1. The van der Waals surface area contributed by atoms with Crippen LogP contribution in [-0.4, -0.2) is 31.7 Å². The van der Waals surface area contributed by atoms with E-state index in [-0.39, 0.29) is 5.75 Å². The summed E-state index contributed by atoms with van der Waals surface area (Å²) >= 11 is 0. The number of nitrogens with one attached hydrogen (secondary N) is 2. The first-order chi connectivity index (χ1) is 9.34. The topological polar surface area (TPSA) is 76.7 Å². The molecule has 1 aromatic rings. The van der Waals surface area contributed by atoms with Crippen molar-refractivity contribution < 1.29 is 32.2 Å². The summed E-state index contributed by atoms with van der Waals surface area (Å²) in [6, 6.07) is 6.40. The molecule has 1 rings (SSSR count). The van der Waals surface area contributed by atoms with Crippen LogP contribution in [0, 0.1) is 0 Å². The maximum absolute atomic E-state index is 11.8. The molecule has 0 aromatic heterocycles. The Morgan fingerprint density at radius 3 is 2.30 bits per heavy atom. The quantitative estimate of drug-likeness (QED) is 0.804. The van der Waals surface area contributed by atoms with Crippen molar-refractivity contribution in [3.05, 3.63) is 24.3 Å². The molecule has 2 N–H and O–H groups in total. The maximum atomic E-state index is 11.8. The van der Waals surface area contributed by atoms with E-state index < -0.39 is 24.6 Å². The predicted octanol–water partition coefficient (Wildman–Crippen LogP) is 0.784. The minimum Gasteiger partial charge on any atom is -0.493 e. The summed E-state index contributed by atoms with van der Waals surface area (Å²) in [5, 5.41) is 0. The van der Waals surface area contributed by atoms with Gasteiger partial charge in [-0.3, -0.25) is 20.4 Å². The van der Waals surface area contributed by atoms with E-state index in [1.54, 1.807) is 23.6 Å². The number of halogens is 3. The molecule has 2 amide bonds. The highest BCUT2D eigenvalue weighted by molar-refractivity contribution is 5.85. The van der Waals surface area contributed by atoms with Crippen molar-refractivity contribution >= 4 is 11.8 Å². The molecule has 6 nitrogen and oxygen atoms in total. The lowest BCUT2D eigenvalue weighted by atomic mass is 10.3. The normalized spacial score (nSPS) is 10.6. The monoisotopic (exact) mass is 292 g/mol. The van der Waals surface area contributed by atoms with Crippen LogP contribution in [0.5, 0.6) is 11.5 Å². The van der Waals surface area contributed by atoms with Crippen LogP contribution in [0.15, 0.2) is 24.3 Å². The highest BCUT2D eigenvalue weighted by atomic mass is 19.4. The smallest absolute Gasteiger partial charge is 0.472 e. The molecular formula is C11H11F3N2O4. The lowest BCUT2D eigenvalue weighted by Crippen LogP contribution is -2.49. The highest BCUT2D eigenvalue weighted by Crippen LogP contribution is 2.25. The first-order valence-electron chi connectivity index (χ1n) is 5.26. The lowest BCUT2D eigenvalue weighted by molar-refractivity contribution is -0.175. The van der Waals surface area contributed by atoms with E-state index in [0.717, 1.165) is 0 Å². The number of alkyl halides is 3. The Kier molecular flexibility index (Phi) is 5.18. The van der Waals surface area contributed by atoms with Gasteiger partial charge in [-0.25, -0.2) is 0 Å². The molecule has 0 aliphatic heterocycles. The second-order valence-corrected chi connectivity index (χ2v) is 3.44. The van der Waals surface area contributed by atoms with E-state index in [1.807, 2.05) is 0 Å². The second-order valence-electron chi connectivity index (χ2n) is 3.44. The lowest BCUT2D eigenvalue weighted by Gasteiger charge is -2.11. The molecule has 110 valence electrons. The van der Waals surface area contributed by atoms with Crippen LogP contribution in [0.25, 0.3) is 0 Å². The van der Waals surface area contributed by atoms with Gasteiger partial charge in [-0.1, -0.05) is 12.1 Å². The SMILES string of the molecule is COc1ccccc1OCC(=O)NNC(=O)C(F)(F)F. The predicted molar refractivity (Wildman–Crippen MR) is 60.8 cm³/mol. The molecule has 0 aliphatic carbocycles. The number of amides is 2. The zero-order valence-corrected chi connectivity index (χ0v) is 10.3. The fourth-order valence-electron chi connectivity index (χ4n) is 1.11. The van der Waals surface area contributed by atoms with Gasteiger partial charge in [-0.15, -0.1) is 0 Å². The average molecular weight is 292 g/mol. The largest absolute Gasteiger partial charge is 0.493 e. The van der Waals surface area contributed by atoms with Gasteiger partial charge in [0.1, 0.15) is 0 Å². The van der Waals surface area contributed by atoms with Gasteiger partial charge in [0, 0.05) is 0 Å². The van der Waals surface area contributed by atoms with Crippen molar-refractivity contribution in [1.29, 1.82) is 0 Å². The minimum atomic E-state index is -5.07. The van der Waals surface area contributed by atoms with Gasteiger partial charge >= 0.3 is 12.1 Å². The number of para-hydroxylation sites is 2. The second kappa shape index (κ2) is 6.64. The third kappa shape index (κ3) is 4.67. The third-order valence-corrected chi connectivity index (χ3v) is 2.00. The van der Waals surface area contributed by atoms with Crippen molar-refractivity contribution in [2.45, 2.75) is 6.18 Å². The van der Waals surface area contributed by atoms with Gasteiger partial charge in [0.05, 0.1) is 7.11 Å². The van der Waals surface area contributed by atoms with Crippen LogP contribution in [0.4, 0.5) is 13.2 Å². The molecular weight excluding hydrogens is 281 g/mol. The minimum absolute atomic E-state index is 0.243. The molecule has 0 bridgehead atoms. The van der Waals surface area contributed by atoms with E-state index in [2.05, 4.69) is 0 Å². The molecule has 0 aliphatic rings. The number of methoxy groups -OCH3 is 1. The number of rotatable bonds is 4. The zero-order chi connectivity index (χ0) is 15.2. The van der Waals surface area contributed by atoms with E-state index in [4.69, 9.17) is 9.47 Å². The number of carbonyl (C=O) groups is 2. The molecule has 0 spiro atoms. The van der Waals surface area contributed by atoms with Gasteiger partial charge in [-0.05, 0) is 12.1 Å². The number of hydrogen-bond donors (Lipinski definition) is 2. The Bertz CT molecular complexity index is 491. The Balaban J connectivity index is 2.42. The van der Waals surface area contributed by atoms with Crippen molar-refractivity contribution in [1.82, 2.24) is 10.9 Å². The van der Waals surface area contributed by atoms with Gasteiger partial charge in [0.25, 0.3) is 5.91 Å². The molecule has 0 saturated carbocycles. The van der Waals surface area contributed by atoms with Crippen molar-refractivity contribution in [3.8, 4) is 11.5 Å². The van der Waals surface area contributed by atoms with E-state index >= 15 is 0 Å². The van der Waals surface area contributed by atoms with Crippen LogP contribution in [0.1, 0.15) is 0 Å². The van der Waals surface area contributed by atoms with Crippen molar-refractivity contribution in [2.75, 3.05) is 13.7 Å². The van der Waals surface area contributed by atoms with E-state index in [9.17, 15) is 22.8 Å². The average Bonchev–Trinajstić information content (AvgIpc) is 2.41. The fraction of sp³-hybridized carbons (Fsp3) is 0.273. The van der Waals surface area contributed by atoms with Crippen molar-refractivity contribution in [2.24, 2.45) is 0 Å².